The zero-order valence-electron chi connectivity index (χ0n) is 17.1. The highest BCUT2D eigenvalue weighted by molar-refractivity contribution is 5.97. The molecule has 1 aromatic carbocycles. The Balaban J connectivity index is 1.95. The molecule has 1 aliphatic heterocycles. The Morgan fingerprint density at radius 1 is 1.16 bits per heavy atom. The van der Waals surface area contributed by atoms with Gasteiger partial charge in [0.2, 0.25) is 0 Å². The van der Waals surface area contributed by atoms with Crippen molar-refractivity contribution in [3.8, 4) is 16.8 Å². The molecule has 5 rings (SSSR count). The summed E-state index contributed by atoms with van der Waals surface area (Å²) in [5, 5.41) is 11.5. The summed E-state index contributed by atoms with van der Waals surface area (Å²) in [6.07, 6.45) is -1.83. The summed E-state index contributed by atoms with van der Waals surface area (Å²) < 4.78 is 62.1. The van der Waals surface area contributed by atoms with Crippen LogP contribution in [0.5, 0.6) is 0 Å². The minimum Gasteiger partial charge on any atom is -0.371 e. The third-order valence-corrected chi connectivity index (χ3v) is 5.59. The van der Waals surface area contributed by atoms with Crippen molar-refractivity contribution in [2.45, 2.75) is 32.5 Å². The Labute approximate surface area is 174 Å². The van der Waals surface area contributed by atoms with E-state index in [4.69, 9.17) is 0 Å². The summed E-state index contributed by atoms with van der Waals surface area (Å²) in [6, 6.07) is 4.36. The summed E-state index contributed by atoms with van der Waals surface area (Å²) in [7, 11) is 1.66. The highest BCUT2D eigenvalue weighted by Crippen LogP contribution is 2.50. The molecule has 0 aliphatic carbocycles. The van der Waals surface area contributed by atoms with Gasteiger partial charge in [0.15, 0.2) is 5.82 Å². The van der Waals surface area contributed by atoms with Gasteiger partial charge in [0.05, 0.1) is 22.5 Å². The molecule has 10 heteroatoms. The molecule has 0 radical (unpaired) electrons. The molecule has 3 aromatic heterocycles. The monoisotopic (exact) mass is 430 g/mol. The van der Waals surface area contributed by atoms with Crippen molar-refractivity contribution < 1.29 is 17.6 Å². The molecule has 0 unspecified atom stereocenters. The molecule has 0 atom stereocenters. The van der Waals surface area contributed by atoms with Crippen molar-refractivity contribution in [1.29, 1.82) is 0 Å². The topological polar surface area (TPSA) is 60.6 Å². The summed E-state index contributed by atoms with van der Waals surface area (Å²) in [4.78, 5) is 4.22. The van der Waals surface area contributed by atoms with E-state index in [9.17, 15) is 13.2 Å². The van der Waals surface area contributed by atoms with Gasteiger partial charge in [-0.1, -0.05) is 0 Å². The van der Waals surface area contributed by atoms with E-state index in [0.29, 0.717) is 16.9 Å². The van der Waals surface area contributed by atoms with Crippen molar-refractivity contribution >= 4 is 16.7 Å². The number of hydrogen-bond donors (Lipinski definition) is 1. The van der Waals surface area contributed by atoms with Gasteiger partial charge >= 0.3 is 6.18 Å². The van der Waals surface area contributed by atoms with Crippen LogP contribution in [0.3, 0.4) is 0 Å². The molecule has 31 heavy (non-hydrogen) atoms. The van der Waals surface area contributed by atoms with E-state index in [1.54, 1.807) is 50.7 Å². The number of nitrogens with one attached hydrogen (secondary N) is 1. The van der Waals surface area contributed by atoms with E-state index < -0.39 is 28.7 Å². The Morgan fingerprint density at radius 3 is 2.61 bits per heavy atom. The predicted octanol–water partition coefficient (Wildman–Crippen LogP) is 4.95. The van der Waals surface area contributed by atoms with Gasteiger partial charge in [-0.25, -0.2) is 9.37 Å². The second-order valence-electron chi connectivity index (χ2n) is 8.19. The summed E-state index contributed by atoms with van der Waals surface area (Å²) in [5.41, 5.74) is -2.03. The molecule has 0 fully saturated rings. The first kappa shape index (κ1) is 19.5. The standard InChI is InChI=1S/C21H18F4N6/c1-10-28-29-19-20(2,3)27-14-8-13(22)15(16(21(23,24)25)17(14)31(10)19)12-9-30(4)18-11(12)6-5-7-26-18/h5-9,27H,1-4H3. The quantitative estimate of drug-likeness (QED) is 0.434. The Hall–Kier alpha value is -3.43. The average Bonchev–Trinajstić information content (AvgIpc) is 3.22. The third kappa shape index (κ3) is 2.67. The third-order valence-electron chi connectivity index (χ3n) is 5.59. The Bertz CT molecular complexity index is 1360. The number of alkyl halides is 3. The lowest BCUT2D eigenvalue weighted by Crippen LogP contribution is -2.37. The average molecular weight is 430 g/mol. The van der Waals surface area contributed by atoms with Gasteiger partial charge in [-0.15, -0.1) is 10.2 Å². The minimum absolute atomic E-state index is 0.0346. The number of aromatic nitrogens is 5. The predicted molar refractivity (Wildman–Crippen MR) is 107 cm³/mol. The first-order chi connectivity index (χ1) is 14.5. The molecule has 0 spiro atoms. The van der Waals surface area contributed by atoms with E-state index in [-0.39, 0.29) is 22.8 Å². The van der Waals surface area contributed by atoms with E-state index in [2.05, 4.69) is 20.5 Å². The second kappa shape index (κ2) is 6.05. The summed E-state index contributed by atoms with van der Waals surface area (Å²) in [5.74, 6) is -0.367. The first-order valence-electron chi connectivity index (χ1n) is 9.56. The van der Waals surface area contributed by atoms with Crippen LogP contribution in [0.1, 0.15) is 31.1 Å². The largest absolute Gasteiger partial charge is 0.419 e. The van der Waals surface area contributed by atoms with Gasteiger partial charge in [-0.05, 0) is 39.0 Å². The van der Waals surface area contributed by atoms with E-state index in [0.717, 1.165) is 6.07 Å². The van der Waals surface area contributed by atoms with Gasteiger partial charge in [-0.3, -0.25) is 4.57 Å². The fourth-order valence-corrected chi connectivity index (χ4v) is 4.35. The number of fused-ring (bicyclic) bond motifs is 4. The highest BCUT2D eigenvalue weighted by Gasteiger charge is 2.45. The lowest BCUT2D eigenvalue weighted by molar-refractivity contribution is -0.137. The van der Waals surface area contributed by atoms with Crippen LogP contribution in [0.4, 0.5) is 23.2 Å². The van der Waals surface area contributed by atoms with Gasteiger partial charge in [-0.2, -0.15) is 13.2 Å². The lowest BCUT2D eigenvalue weighted by atomic mass is 9.92. The van der Waals surface area contributed by atoms with Gasteiger partial charge in [0, 0.05) is 36.0 Å². The van der Waals surface area contributed by atoms with Crippen LogP contribution in [0.25, 0.3) is 27.8 Å². The smallest absolute Gasteiger partial charge is 0.371 e. The normalized spacial score (nSPS) is 15.0. The van der Waals surface area contributed by atoms with E-state index >= 15 is 4.39 Å². The van der Waals surface area contributed by atoms with Crippen LogP contribution in [0.15, 0.2) is 30.6 Å². The maximum atomic E-state index is 15.4. The van der Waals surface area contributed by atoms with Crippen LogP contribution in [0, 0.1) is 12.7 Å². The molecule has 1 aliphatic rings. The van der Waals surface area contributed by atoms with Crippen molar-refractivity contribution in [1.82, 2.24) is 24.3 Å². The number of rotatable bonds is 1. The number of anilines is 1. The molecule has 1 N–H and O–H groups in total. The molecular formula is C21H18F4N6. The number of aryl methyl sites for hydroxylation is 2. The molecular weight excluding hydrogens is 412 g/mol. The summed E-state index contributed by atoms with van der Waals surface area (Å²) in [6.45, 7) is 5.09. The first-order valence-corrected chi connectivity index (χ1v) is 9.56. The molecule has 0 bridgehead atoms. The van der Waals surface area contributed by atoms with Crippen molar-refractivity contribution in [3.05, 3.63) is 53.6 Å². The van der Waals surface area contributed by atoms with Gasteiger partial charge in [0.25, 0.3) is 0 Å². The fourth-order valence-electron chi connectivity index (χ4n) is 4.35. The zero-order valence-corrected chi connectivity index (χ0v) is 17.1. The van der Waals surface area contributed by atoms with Crippen LogP contribution in [0.2, 0.25) is 0 Å². The van der Waals surface area contributed by atoms with E-state index in [1.807, 2.05) is 0 Å². The minimum atomic E-state index is -4.84. The van der Waals surface area contributed by atoms with Crippen LogP contribution in [-0.2, 0) is 18.8 Å². The Kier molecular flexibility index (Phi) is 3.81. The maximum absolute atomic E-state index is 15.4. The Morgan fingerprint density at radius 2 is 1.90 bits per heavy atom. The zero-order chi connectivity index (χ0) is 22.3. The lowest BCUT2D eigenvalue weighted by Gasteiger charge is -2.35. The van der Waals surface area contributed by atoms with Gasteiger partial charge in [0.1, 0.15) is 17.3 Å². The fraction of sp³-hybridized carbons (Fsp3) is 0.286. The number of benzene rings is 1. The van der Waals surface area contributed by atoms with Crippen molar-refractivity contribution in [2.75, 3.05) is 5.32 Å². The van der Waals surface area contributed by atoms with E-state index in [1.165, 1.54) is 10.8 Å². The molecule has 4 aromatic rings. The SMILES string of the molecule is Cc1nnc2n1-c1c(cc(F)c(-c3cn(C)c4ncccc34)c1C(F)(F)F)NC2(C)C. The second-order valence-corrected chi connectivity index (χ2v) is 8.19. The number of pyridine rings is 1. The van der Waals surface area contributed by atoms with Crippen LogP contribution < -0.4 is 5.32 Å². The molecule has 0 saturated carbocycles. The van der Waals surface area contributed by atoms with Crippen molar-refractivity contribution in [2.24, 2.45) is 7.05 Å². The van der Waals surface area contributed by atoms with Gasteiger partial charge < -0.3 is 9.88 Å². The van der Waals surface area contributed by atoms with Crippen LogP contribution in [-0.4, -0.2) is 24.3 Å². The molecule has 0 saturated heterocycles. The number of hydrogen-bond acceptors (Lipinski definition) is 4. The molecule has 160 valence electrons. The molecule has 0 amide bonds. The van der Waals surface area contributed by atoms with Crippen LogP contribution >= 0.6 is 0 Å². The number of halogens is 4. The number of nitrogens with zero attached hydrogens (tertiary/aromatic N) is 5. The summed E-state index contributed by atoms with van der Waals surface area (Å²) >= 11 is 0. The molecule has 4 heterocycles. The maximum Gasteiger partial charge on any atom is 0.419 e. The molecule has 6 nitrogen and oxygen atoms in total. The highest BCUT2D eigenvalue weighted by atomic mass is 19.4. The van der Waals surface area contributed by atoms with Crippen molar-refractivity contribution in [3.63, 3.8) is 0 Å².